The van der Waals surface area contributed by atoms with Gasteiger partial charge >= 0.3 is 0 Å². The molecular formula is C24H23ClN6O3. The van der Waals surface area contributed by atoms with Gasteiger partial charge < -0.3 is 10.1 Å². The third kappa shape index (κ3) is 5.22. The maximum absolute atomic E-state index is 13.7. The van der Waals surface area contributed by atoms with Gasteiger partial charge in [-0.1, -0.05) is 41.1 Å². The van der Waals surface area contributed by atoms with E-state index in [1.807, 2.05) is 24.3 Å². The van der Waals surface area contributed by atoms with Gasteiger partial charge in [0.25, 0.3) is 0 Å². The molecular weight excluding hydrogens is 456 g/mol. The van der Waals surface area contributed by atoms with Crippen LogP contribution in [0.25, 0.3) is 11.0 Å². The maximum Gasteiger partial charge on any atom is 0.249 e. The summed E-state index contributed by atoms with van der Waals surface area (Å²) in [5.41, 5.74) is 2.46. The van der Waals surface area contributed by atoms with E-state index in [1.165, 1.54) is 9.58 Å². The van der Waals surface area contributed by atoms with Crippen LogP contribution in [0.4, 0.5) is 5.69 Å². The summed E-state index contributed by atoms with van der Waals surface area (Å²) in [6.45, 7) is 0.512. The molecule has 0 aliphatic carbocycles. The number of para-hydroxylation sites is 1. The van der Waals surface area contributed by atoms with Crippen LogP contribution in [0.5, 0.6) is 0 Å². The number of halogens is 1. The summed E-state index contributed by atoms with van der Waals surface area (Å²) in [7, 11) is 1.55. The number of nitrogens with one attached hydrogen (secondary N) is 1. The largest absolute Gasteiger partial charge is 0.383 e. The van der Waals surface area contributed by atoms with Crippen molar-refractivity contribution < 1.29 is 14.3 Å². The van der Waals surface area contributed by atoms with Gasteiger partial charge in [0.15, 0.2) is 0 Å². The first-order valence-electron chi connectivity index (χ1n) is 10.6. The highest BCUT2D eigenvalue weighted by molar-refractivity contribution is 6.30. The first-order chi connectivity index (χ1) is 16.6. The normalized spacial score (nSPS) is 11.8. The van der Waals surface area contributed by atoms with Gasteiger partial charge in [0.2, 0.25) is 11.8 Å². The molecule has 0 aliphatic heterocycles. The molecule has 0 bridgehead atoms. The summed E-state index contributed by atoms with van der Waals surface area (Å²) in [4.78, 5) is 32.7. The number of ether oxygens (including phenoxy) is 1. The molecule has 0 saturated heterocycles. The number of carbonyl (C=O) groups excluding carboxylic acids is 2. The van der Waals surface area contributed by atoms with E-state index in [2.05, 4.69) is 20.6 Å². The van der Waals surface area contributed by atoms with E-state index in [4.69, 9.17) is 16.3 Å². The third-order valence-corrected chi connectivity index (χ3v) is 5.45. The monoisotopic (exact) mass is 478 g/mol. The molecule has 174 valence electrons. The lowest BCUT2D eigenvalue weighted by Crippen LogP contribution is -2.46. The lowest BCUT2D eigenvalue weighted by Gasteiger charge is -2.31. The Kier molecular flexibility index (Phi) is 7.46. The number of carbonyl (C=O) groups is 2. The first-order valence-corrected chi connectivity index (χ1v) is 11.0. The fraction of sp³-hybridized carbons (Fsp3) is 0.208. The number of amides is 2. The molecule has 0 radical (unpaired) electrons. The number of fused-ring (bicyclic) bond motifs is 1. The highest BCUT2D eigenvalue weighted by atomic mass is 35.5. The van der Waals surface area contributed by atoms with Crippen molar-refractivity contribution in [2.45, 2.75) is 12.6 Å². The third-order valence-electron chi connectivity index (χ3n) is 5.20. The van der Waals surface area contributed by atoms with Gasteiger partial charge in [-0.25, -0.2) is 4.68 Å². The zero-order valence-corrected chi connectivity index (χ0v) is 19.2. The second-order valence-electron chi connectivity index (χ2n) is 7.45. The lowest BCUT2D eigenvalue weighted by atomic mass is 10.0. The zero-order chi connectivity index (χ0) is 23.9. The molecule has 2 aromatic carbocycles. The van der Waals surface area contributed by atoms with Crippen molar-refractivity contribution >= 4 is 40.1 Å². The minimum absolute atomic E-state index is 0.120. The molecule has 34 heavy (non-hydrogen) atoms. The van der Waals surface area contributed by atoms with Crippen molar-refractivity contribution in [3.8, 4) is 0 Å². The highest BCUT2D eigenvalue weighted by Crippen LogP contribution is 2.29. The number of anilines is 1. The molecule has 1 N–H and O–H groups in total. The average Bonchev–Trinajstić information content (AvgIpc) is 3.26. The number of benzene rings is 2. The van der Waals surface area contributed by atoms with Crippen molar-refractivity contribution in [1.82, 2.24) is 25.3 Å². The molecule has 4 aromatic rings. The fourth-order valence-corrected chi connectivity index (χ4v) is 3.73. The topological polar surface area (TPSA) is 102 Å². The molecule has 0 fully saturated rings. The minimum Gasteiger partial charge on any atom is -0.383 e. The van der Waals surface area contributed by atoms with Crippen LogP contribution in [-0.4, -0.2) is 52.1 Å². The summed E-state index contributed by atoms with van der Waals surface area (Å²) in [5.74, 6) is -0.717. The molecule has 0 spiro atoms. The Bertz CT molecular complexity index is 1260. The molecule has 2 aromatic heterocycles. The SMILES string of the molecule is COCCNC(=O)[C@@H](c1ccc(Cl)cc1)N(C(=O)Cn1nnc2ccccc21)c1cccnc1. The summed E-state index contributed by atoms with van der Waals surface area (Å²) >= 11 is 6.08. The van der Waals surface area contributed by atoms with Crippen molar-refractivity contribution in [1.29, 1.82) is 0 Å². The number of methoxy groups -OCH3 is 1. The van der Waals surface area contributed by atoms with E-state index in [0.717, 1.165) is 5.52 Å². The molecule has 0 aliphatic rings. The van der Waals surface area contributed by atoms with Gasteiger partial charge in [0.05, 0.1) is 24.0 Å². The van der Waals surface area contributed by atoms with Crippen LogP contribution in [0.2, 0.25) is 5.02 Å². The van der Waals surface area contributed by atoms with Crippen molar-refractivity contribution in [3.05, 3.63) is 83.6 Å². The quantitative estimate of drug-likeness (QED) is 0.371. The number of nitrogens with zero attached hydrogens (tertiary/aromatic N) is 5. The molecule has 0 unspecified atom stereocenters. The second kappa shape index (κ2) is 10.9. The van der Waals surface area contributed by atoms with Crippen LogP contribution >= 0.6 is 11.6 Å². The Morgan fingerprint density at radius 3 is 2.65 bits per heavy atom. The van der Waals surface area contributed by atoms with Crippen LogP contribution in [-0.2, 0) is 20.9 Å². The lowest BCUT2D eigenvalue weighted by molar-refractivity contribution is -0.127. The standard InChI is InChI=1S/C24H23ClN6O3/c1-34-14-13-27-24(33)23(17-8-10-18(25)11-9-17)31(19-5-4-12-26-15-19)22(32)16-30-21-7-3-2-6-20(21)28-29-30/h2-12,15,23H,13-14,16H2,1H3,(H,27,33)/t23-/m1/s1. The van der Waals surface area contributed by atoms with Crippen molar-refractivity contribution in [2.24, 2.45) is 0 Å². The molecule has 0 saturated carbocycles. The van der Waals surface area contributed by atoms with E-state index < -0.39 is 6.04 Å². The number of aromatic nitrogens is 4. The predicted molar refractivity (Wildman–Crippen MR) is 128 cm³/mol. The molecule has 4 rings (SSSR count). The fourth-order valence-electron chi connectivity index (χ4n) is 3.61. The van der Waals surface area contributed by atoms with Crippen LogP contribution in [0, 0.1) is 0 Å². The molecule has 9 nitrogen and oxygen atoms in total. The van der Waals surface area contributed by atoms with E-state index in [9.17, 15) is 9.59 Å². The summed E-state index contributed by atoms with van der Waals surface area (Å²) < 4.78 is 6.57. The Balaban J connectivity index is 1.75. The van der Waals surface area contributed by atoms with Crippen molar-refractivity contribution in [3.63, 3.8) is 0 Å². The van der Waals surface area contributed by atoms with Crippen LogP contribution in [0.3, 0.4) is 0 Å². The second-order valence-corrected chi connectivity index (χ2v) is 7.89. The number of rotatable bonds is 9. The zero-order valence-electron chi connectivity index (χ0n) is 18.5. The molecule has 1 atom stereocenters. The molecule has 10 heteroatoms. The molecule has 2 heterocycles. The van der Waals surface area contributed by atoms with Crippen LogP contribution < -0.4 is 10.2 Å². The van der Waals surface area contributed by atoms with Gasteiger partial charge in [-0.05, 0) is 42.0 Å². The average molecular weight is 479 g/mol. The Morgan fingerprint density at radius 2 is 1.91 bits per heavy atom. The smallest absolute Gasteiger partial charge is 0.249 e. The Labute approximate surface area is 201 Å². The van der Waals surface area contributed by atoms with Gasteiger partial charge in [-0.2, -0.15) is 0 Å². The van der Waals surface area contributed by atoms with E-state index in [1.54, 1.807) is 55.9 Å². The highest BCUT2D eigenvalue weighted by Gasteiger charge is 2.33. The number of hydrogen-bond donors (Lipinski definition) is 1. The maximum atomic E-state index is 13.7. The Morgan fingerprint density at radius 1 is 1.12 bits per heavy atom. The number of hydrogen-bond acceptors (Lipinski definition) is 6. The summed E-state index contributed by atoms with van der Waals surface area (Å²) in [6, 6.07) is 16.7. The Hall–Kier alpha value is -3.82. The van der Waals surface area contributed by atoms with E-state index >= 15 is 0 Å². The summed E-state index contributed by atoms with van der Waals surface area (Å²) in [6.07, 6.45) is 3.15. The minimum atomic E-state index is -0.972. The molecule has 2 amide bonds. The summed E-state index contributed by atoms with van der Waals surface area (Å²) in [5, 5.41) is 11.6. The van der Waals surface area contributed by atoms with Gasteiger partial charge in [-0.15, -0.1) is 5.10 Å². The van der Waals surface area contributed by atoms with Crippen LogP contribution in [0.1, 0.15) is 11.6 Å². The number of pyridine rings is 1. The van der Waals surface area contributed by atoms with Gasteiger partial charge in [0, 0.05) is 24.9 Å². The predicted octanol–water partition coefficient (Wildman–Crippen LogP) is 3.02. The van der Waals surface area contributed by atoms with Crippen molar-refractivity contribution in [2.75, 3.05) is 25.2 Å². The van der Waals surface area contributed by atoms with E-state index in [-0.39, 0.29) is 18.4 Å². The van der Waals surface area contributed by atoms with Gasteiger partial charge in [-0.3, -0.25) is 19.5 Å². The van der Waals surface area contributed by atoms with Crippen LogP contribution in [0.15, 0.2) is 73.1 Å². The van der Waals surface area contributed by atoms with E-state index in [0.29, 0.717) is 34.9 Å². The van der Waals surface area contributed by atoms with Gasteiger partial charge in [0.1, 0.15) is 18.1 Å². The first kappa shape index (κ1) is 23.3.